The Morgan fingerprint density at radius 2 is 1.75 bits per heavy atom. The maximum atomic E-state index is 12.6. The van der Waals surface area contributed by atoms with E-state index in [9.17, 15) is 5.11 Å². The van der Waals surface area contributed by atoms with Crippen molar-refractivity contribution in [2.45, 2.75) is 70.6 Å². The number of pyridine rings is 1. The van der Waals surface area contributed by atoms with Gasteiger partial charge in [0.1, 0.15) is 11.4 Å². The summed E-state index contributed by atoms with van der Waals surface area (Å²) in [6.07, 6.45) is 5.88. The summed E-state index contributed by atoms with van der Waals surface area (Å²) in [4.78, 5) is 11.8. The van der Waals surface area contributed by atoms with Crippen LogP contribution in [0, 0.1) is 5.41 Å². The van der Waals surface area contributed by atoms with Crippen LogP contribution in [-0.2, 0) is 11.1 Å². The number of aromatic nitrogens is 4. The smallest absolute Gasteiger partial charge is 0.183 e. The van der Waals surface area contributed by atoms with Gasteiger partial charge in [-0.3, -0.25) is 4.98 Å². The minimum atomic E-state index is -1.19. The van der Waals surface area contributed by atoms with Gasteiger partial charge < -0.3 is 15.3 Å². The molecule has 3 aromatic rings. The van der Waals surface area contributed by atoms with Gasteiger partial charge in [0.05, 0.1) is 11.6 Å². The van der Waals surface area contributed by atoms with Gasteiger partial charge in [-0.25, -0.2) is 9.67 Å². The van der Waals surface area contributed by atoms with Crippen LogP contribution in [0.5, 0.6) is 0 Å². The first-order chi connectivity index (χ1) is 17.0. The molecule has 0 spiro atoms. The second kappa shape index (κ2) is 8.75. The molecule has 2 aliphatic rings. The van der Waals surface area contributed by atoms with Crippen molar-refractivity contribution in [2.24, 2.45) is 5.41 Å². The van der Waals surface area contributed by atoms with E-state index in [-0.39, 0.29) is 11.0 Å². The van der Waals surface area contributed by atoms with E-state index in [2.05, 4.69) is 85.8 Å². The molecule has 2 N–H and O–H groups in total. The molecular formula is C29H40N6O. The van der Waals surface area contributed by atoms with Crippen LogP contribution >= 0.6 is 0 Å². The molecule has 3 heterocycles. The highest BCUT2D eigenvalue weighted by molar-refractivity contribution is 5.56. The quantitative estimate of drug-likeness (QED) is 0.488. The summed E-state index contributed by atoms with van der Waals surface area (Å²) in [5, 5.41) is 20.9. The van der Waals surface area contributed by atoms with E-state index in [4.69, 9.17) is 10.1 Å². The summed E-state index contributed by atoms with van der Waals surface area (Å²) in [7, 11) is 4.05. The van der Waals surface area contributed by atoms with E-state index in [0.29, 0.717) is 17.8 Å². The Bertz CT molecular complexity index is 1240. The predicted octanol–water partition coefficient (Wildman–Crippen LogP) is 4.44. The Kier molecular flexibility index (Phi) is 6.09. The maximum absolute atomic E-state index is 12.6. The monoisotopic (exact) mass is 488 g/mol. The zero-order chi connectivity index (χ0) is 25.9. The molecule has 1 aromatic carbocycles. The molecule has 0 amide bonds. The number of nitrogens with zero attached hydrogens (tertiary/aromatic N) is 5. The van der Waals surface area contributed by atoms with Crippen LogP contribution in [0.2, 0.25) is 0 Å². The highest BCUT2D eigenvalue weighted by atomic mass is 16.3. The molecular weight excluding hydrogens is 448 g/mol. The van der Waals surface area contributed by atoms with Gasteiger partial charge >= 0.3 is 0 Å². The van der Waals surface area contributed by atoms with Gasteiger partial charge in [-0.05, 0) is 63.9 Å². The first-order valence-corrected chi connectivity index (χ1v) is 13.1. The highest BCUT2D eigenvalue weighted by Crippen LogP contribution is 2.50. The third-order valence-electron chi connectivity index (χ3n) is 8.23. The number of benzene rings is 1. The van der Waals surface area contributed by atoms with Gasteiger partial charge in [-0.2, -0.15) is 5.10 Å². The van der Waals surface area contributed by atoms with Crippen molar-refractivity contribution in [3.63, 3.8) is 0 Å². The molecule has 1 saturated carbocycles. The molecule has 1 unspecified atom stereocenters. The molecule has 0 radical (unpaired) electrons. The standard InChI is InChI=1S/C29H40N6O/c1-19(2)20-8-10-22(11-9-20)29(36,28(5)17-34(7)18-28)23-14-21(15-31-16-23)25-32-26(27(3,4)30-6)35(33-25)24-12-13-24/h8-11,14-16,19,24,30,36H,12-13,17-18H2,1-7H3. The van der Waals surface area contributed by atoms with Crippen molar-refractivity contribution in [3.05, 3.63) is 65.2 Å². The van der Waals surface area contributed by atoms with Crippen molar-refractivity contribution in [3.8, 4) is 11.4 Å². The summed E-state index contributed by atoms with van der Waals surface area (Å²) in [5.41, 5.74) is 1.93. The van der Waals surface area contributed by atoms with Crippen LogP contribution < -0.4 is 5.32 Å². The van der Waals surface area contributed by atoms with Crippen LogP contribution in [-0.4, -0.2) is 56.9 Å². The Balaban J connectivity index is 1.60. The molecule has 36 heavy (non-hydrogen) atoms. The van der Waals surface area contributed by atoms with Crippen LogP contribution in [0.4, 0.5) is 0 Å². The maximum Gasteiger partial charge on any atom is 0.183 e. The van der Waals surface area contributed by atoms with Gasteiger partial charge in [-0.15, -0.1) is 0 Å². The zero-order valence-electron chi connectivity index (χ0n) is 22.7. The van der Waals surface area contributed by atoms with E-state index in [1.807, 2.05) is 19.3 Å². The molecule has 192 valence electrons. The molecule has 0 bridgehead atoms. The lowest BCUT2D eigenvalue weighted by molar-refractivity contribution is -0.127. The molecule has 1 atom stereocenters. The van der Waals surface area contributed by atoms with E-state index in [1.165, 1.54) is 5.56 Å². The molecule has 2 aromatic heterocycles. The van der Waals surface area contributed by atoms with Crippen LogP contribution in [0.1, 0.15) is 81.9 Å². The Hall–Kier alpha value is -2.61. The molecule has 1 aliphatic carbocycles. The minimum Gasteiger partial charge on any atom is -0.380 e. The topological polar surface area (TPSA) is 79.1 Å². The van der Waals surface area contributed by atoms with Gasteiger partial charge in [0.15, 0.2) is 5.82 Å². The lowest BCUT2D eigenvalue weighted by atomic mass is 9.62. The lowest BCUT2D eigenvalue weighted by Crippen LogP contribution is -2.63. The predicted molar refractivity (Wildman–Crippen MR) is 143 cm³/mol. The Morgan fingerprint density at radius 3 is 2.31 bits per heavy atom. The minimum absolute atomic E-state index is 0.304. The number of nitrogens with one attached hydrogen (secondary N) is 1. The van der Waals surface area contributed by atoms with Crippen LogP contribution in [0.25, 0.3) is 11.4 Å². The van der Waals surface area contributed by atoms with Crippen LogP contribution in [0.15, 0.2) is 42.7 Å². The van der Waals surface area contributed by atoms with Crippen molar-refractivity contribution in [2.75, 3.05) is 27.2 Å². The summed E-state index contributed by atoms with van der Waals surface area (Å²) in [6.45, 7) is 12.4. The lowest BCUT2D eigenvalue weighted by Gasteiger charge is -2.55. The average molecular weight is 489 g/mol. The van der Waals surface area contributed by atoms with Crippen LogP contribution in [0.3, 0.4) is 0 Å². The first-order valence-electron chi connectivity index (χ1n) is 13.1. The van der Waals surface area contributed by atoms with Gasteiger partial charge in [0.25, 0.3) is 0 Å². The molecule has 1 aliphatic heterocycles. The van der Waals surface area contributed by atoms with Crippen molar-refractivity contribution >= 4 is 0 Å². The van der Waals surface area contributed by atoms with E-state index in [0.717, 1.165) is 48.4 Å². The first kappa shape index (κ1) is 25.1. The van der Waals surface area contributed by atoms with Crippen molar-refractivity contribution in [1.29, 1.82) is 0 Å². The number of hydrogen-bond acceptors (Lipinski definition) is 6. The molecule has 2 fully saturated rings. The number of hydrogen-bond donors (Lipinski definition) is 2. The summed E-state index contributed by atoms with van der Waals surface area (Å²) >= 11 is 0. The van der Waals surface area contributed by atoms with Gasteiger partial charge in [-0.1, -0.05) is 45.0 Å². The molecule has 7 heteroatoms. The molecule has 5 rings (SSSR count). The fourth-order valence-corrected chi connectivity index (χ4v) is 5.66. The SMILES string of the molecule is CNC(C)(C)c1nc(-c2cncc(C(O)(c3ccc(C(C)C)cc3)C3(C)CN(C)C3)c2)nn1C1CC1. The van der Waals surface area contributed by atoms with Crippen molar-refractivity contribution in [1.82, 2.24) is 30.0 Å². The highest BCUT2D eigenvalue weighted by Gasteiger charge is 2.55. The van der Waals surface area contributed by atoms with Gasteiger partial charge in [0.2, 0.25) is 0 Å². The third-order valence-corrected chi connectivity index (χ3v) is 8.23. The summed E-state index contributed by atoms with van der Waals surface area (Å²) < 4.78 is 2.08. The number of likely N-dealkylation sites (tertiary alicyclic amines) is 1. The van der Waals surface area contributed by atoms with E-state index < -0.39 is 5.60 Å². The summed E-state index contributed by atoms with van der Waals surface area (Å²) in [6, 6.07) is 10.9. The zero-order valence-corrected chi connectivity index (χ0v) is 22.7. The Labute approximate surface area is 215 Å². The fraction of sp³-hybridized carbons (Fsp3) is 0.552. The third kappa shape index (κ3) is 4.07. The van der Waals surface area contributed by atoms with E-state index >= 15 is 0 Å². The molecule has 7 nitrogen and oxygen atoms in total. The second-order valence-electron chi connectivity index (χ2n) is 12.0. The molecule has 1 saturated heterocycles. The second-order valence-corrected chi connectivity index (χ2v) is 12.0. The van der Waals surface area contributed by atoms with Crippen molar-refractivity contribution < 1.29 is 5.11 Å². The fourth-order valence-electron chi connectivity index (χ4n) is 5.66. The Morgan fingerprint density at radius 1 is 1.08 bits per heavy atom. The van der Waals surface area contributed by atoms with Gasteiger partial charge in [0, 0.05) is 42.0 Å². The number of aliphatic hydroxyl groups is 1. The number of rotatable bonds is 8. The normalized spacial score (nSPS) is 19.8. The average Bonchev–Trinajstić information content (AvgIpc) is 3.60. The largest absolute Gasteiger partial charge is 0.380 e. The van der Waals surface area contributed by atoms with E-state index in [1.54, 1.807) is 6.20 Å². The summed E-state index contributed by atoms with van der Waals surface area (Å²) in [5.74, 6) is 2.02.